The quantitative estimate of drug-likeness (QED) is 0.174. The van der Waals surface area contributed by atoms with E-state index in [9.17, 15) is 32.0 Å². The molecule has 0 radical (unpaired) electrons. The fourth-order valence-corrected chi connectivity index (χ4v) is 8.97. The molecule has 0 aliphatic carbocycles. The van der Waals surface area contributed by atoms with Gasteiger partial charge in [-0.3, -0.25) is 10.2 Å². The highest BCUT2D eigenvalue weighted by molar-refractivity contribution is 7.23. The number of anilines is 2. The number of alkyl halides is 3. The van der Waals surface area contributed by atoms with Gasteiger partial charge in [0, 0.05) is 30.0 Å². The van der Waals surface area contributed by atoms with Crippen LogP contribution in [0, 0.1) is 23.0 Å². The number of nitrogens with zero attached hydrogens (tertiary/aromatic N) is 5. The number of amides is 1. The zero-order chi connectivity index (χ0) is 39.6. The van der Waals surface area contributed by atoms with Gasteiger partial charge in [0.25, 0.3) is 12.5 Å². The fourth-order valence-electron chi connectivity index (χ4n) is 7.57. The zero-order valence-electron chi connectivity index (χ0n) is 29.4. The highest BCUT2D eigenvalue weighted by atomic mass is 35.5. The molecule has 55 heavy (non-hydrogen) atoms. The first-order chi connectivity index (χ1) is 26.0. The summed E-state index contributed by atoms with van der Waals surface area (Å²) >= 11 is 7.57. The molecule has 10 nitrogen and oxygen atoms in total. The average molecular weight is 813 g/mol. The number of aromatic nitrogens is 2. The Bertz CT molecular complexity index is 2280. The zero-order valence-corrected chi connectivity index (χ0v) is 31.0. The fraction of sp³-hybridized carbons (Fsp3) is 0.444. The number of fused-ring (bicyclic) bond motifs is 2. The number of hydrogen-bond donors (Lipinski definition) is 1. The number of nitriles is 1. The van der Waals surface area contributed by atoms with Crippen LogP contribution in [-0.2, 0) is 4.74 Å². The Kier molecular flexibility index (Phi) is 10.2. The van der Waals surface area contributed by atoms with Crippen molar-refractivity contribution in [3.63, 3.8) is 0 Å². The van der Waals surface area contributed by atoms with Crippen LogP contribution in [0.5, 0.6) is 11.8 Å². The highest BCUT2D eigenvalue weighted by Crippen LogP contribution is 2.52. The molecule has 7 rings (SSSR count). The van der Waals surface area contributed by atoms with E-state index in [1.165, 1.54) is 0 Å². The predicted molar refractivity (Wildman–Crippen MR) is 191 cm³/mol. The van der Waals surface area contributed by atoms with Crippen molar-refractivity contribution in [2.75, 3.05) is 43.1 Å². The van der Waals surface area contributed by atoms with Gasteiger partial charge in [-0.1, -0.05) is 17.7 Å². The van der Waals surface area contributed by atoms with E-state index in [0.717, 1.165) is 23.5 Å². The molecule has 2 aromatic carbocycles. The number of ether oxygens (including phenoxy) is 3. The molecule has 1 amide bonds. The average Bonchev–Trinajstić information content (AvgIpc) is 3.72. The molecule has 2 fully saturated rings. The van der Waals surface area contributed by atoms with Crippen molar-refractivity contribution < 1.29 is 49.7 Å². The maximum absolute atomic E-state index is 17.3. The van der Waals surface area contributed by atoms with Gasteiger partial charge >= 0.3 is 12.1 Å². The molecule has 2 saturated heterocycles. The van der Waals surface area contributed by atoms with Gasteiger partial charge in [-0.25, -0.2) is 26.7 Å². The lowest BCUT2D eigenvalue weighted by Crippen LogP contribution is -2.43. The summed E-state index contributed by atoms with van der Waals surface area (Å²) in [5.74, 6) is -2.82. The number of carbonyl (C=O) groups excluding carboxylic acids is 1. The van der Waals surface area contributed by atoms with E-state index in [0.29, 0.717) is 30.4 Å². The lowest BCUT2D eigenvalue weighted by molar-refractivity contribution is 0.0636. The Morgan fingerprint density at radius 3 is 2.71 bits per heavy atom. The number of rotatable bonds is 8. The first-order valence-electron chi connectivity index (χ1n) is 17.1. The van der Waals surface area contributed by atoms with Gasteiger partial charge in [0.15, 0.2) is 11.6 Å². The third-order valence-electron chi connectivity index (χ3n) is 9.68. The topological polar surface area (TPSA) is 113 Å². The van der Waals surface area contributed by atoms with Crippen LogP contribution in [0.2, 0.25) is 5.02 Å². The first-order valence-corrected chi connectivity index (χ1v) is 18.3. The molecule has 2 aromatic heterocycles. The summed E-state index contributed by atoms with van der Waals surface area (Å²) < 4.78 is 120. The SMILES string of the molecule is CC(C)(C)OC(=O)Nc1sc2c(F)ccc(-c3c(Cl)c4c5c(nc(OC[C@@]67CCCN6C[C@H](F)C7)nc5c3F)N(CC(F)F)[C@@H](C=C(F)F)CO4)c2c1C#N. The lowest BCUT2D eigenvalue weighted by atomic mass is 9.95. The summed E-state index contributed by atoms with van der Waals surface area (Å²) in [5, 5.41) is 11.6. The van der Waals surface area contributed by atoms with Crippen molar-refractivity contribution >= 4 is 60.8 Å². The predicted octanol–water partition coefficient (Wildman–Crippen LogP) is 9.23. The molecule has 0 spiro atoms. The van der Waals surface area contributed by atoms with Crippen LogP contribution < -0.4 is 19.7 Å². The van der Waals surface area contributed by atoms with Crippen molar-refractivity contribution in [3.8, 4) is 29.0 Å². The largest absolute Gasteiger partial charge is 0.489 e. The van der Waals surface area contributed by atoms with E-state index in [4.69, 9.17) is 25.8 Å². The van der Waals surface area contributed by atoms with Crippen molar-refractivity contribution in [1.82, 2.24) is 14.9 Å². The van der Waals surface area contributed by atoms with Gasteiger partial charge in [0.1, 0.15) is 53.2 Å². The molecule has 4 aromatic rings. The second-order valence-electron chi connectivity index (χ2n) is 14.5. The van der Waals surface area contributed by atoms with Crippen LogP contribution >= 0.6 is 22.9 Å². The Morgan fingerprint density at radius 1 is 1.25 bits per heavy atom. The third kappa shape index (κ3) is 7.17. The normalized spacial score (nSPS) is 21.0. The van der Waals surface area contributed by atoms with Crippen molar-refractivity contribution in [1.29, 1.82) is 5.26 Å². The molecule has 5 heterocycles. The lowest BCUT2D eigenvalue weighted by Gasteiger charge is -2.31. The minimum Gasteiger partial charge on any atom is -0.489 e. The van der Waals surface area contributed by atoms with Gasteiger partial charge in [-0.05, 0) is 51.8 Å². The number of halogens is 8. The molecule has 1 N–H and O–H groups in total. The standard InChI is InChI=1S/C36H32ClF7N6O4S/c1-35(2,3)54-34(51)48-32-19(11-45)23-18(5-6-20(39)30(23)55-32)24-26(37)29-25-28(27(24)44)46-33(53-15-36-7-4-8-49(36)12-16(38)10-36)47-31(25)50(13-22(42)43)17(14-52-29)9-21(40)41/h5-6,9,16-17,22H,4,7-8,10,12-15H2,1-3H3,(H,48,51)/t16-,17+,36+/m1/s1. The summed E-state index contributed by atoms with van der Waals surface area (Å²) in [6.45, 7) is 3.67. The minimum atomic E-state index is -3.08. The smallest absolute Gasteiger partial charge is 0.412 e. The molecule has 3 atom stereocenters. The van der Waals surface area contributed by atoms with Crippen LogP contribution in [0.25, 0.3) is 32.1 Å². The molecule has 292 valence electrons. The number of carbonyl (C=O) groups is 1. The Balaban J connectivity index is 1.45. The van der Waals surface area contributed by atoms with Gasteiger partial charge in [-0.2, -0.15) is 24.0 Å². The highest BCUT2D eigenvalue weighted by Gasteiger charge is 2.49. The van der Waals surface area contributed by atoms with E-state index >= 15 is 8.78 Å². The van der Waals surface area contributed by atoms with Gasteiger partial charge in [-0.15, -0.1) is 11.3 Å². The molecular weight excluding hydrogens is 781 g/mol. The van der Waals surface area contributed by atoms with Crippen LogP contribution in [0.4, 0.5) is 46.3 Å². The first kappa shape index (κ1) is 38.7. The number of thiophene rings is 1. The van der Waals surface area contributed by atoms with Gasteiger partial charge in [0.05, 0.1) is 38.8 Å². The number of benzene rings is 2. The summed E-state index contributed by atoms with van der Waals surface area (Å²) in [6.07, 6.45) is -5.50. The maximum Gasteiger partial charge on any atom is 0.412 e. The van der Waals surface area contributed by atoms with Crippen molar-refractivity contribution in [2.24, 2.45) is 0 Å². The molecule has 3 aliphatic rings. The molecular formula is C36H32ClF7N6O4S. The van der Waals surface area contributed by atoms with Gasteiger partial charge < -0.3 is 19.1 Å². The van der Waals surface area contributed by atoms with Gasteiger partial charge in [0.2, 0.25) is 0 Å². The van der Waals surface area contributed by atoms with E-state index in [1.54, 1.807) is 20.8 Å². The van der Waals surface area contributed by atoms with E-state index < -0.39 is 94.7 Å². The van der Waals surface area contributed by atoms with Crippen LogP contribution in [0.1, 0.15) is 45.6 Å². The summed E-state index contributed by atoms with van der Waals surface area (Å²) in [7, 11) is 0. The molecule has 19 heteroatoms. The number of nitrogens with one attached hydrogen (secondary N) is 1. The van der Waals surface area contributed by atoms with Crippen LogP contribution in [-0.4, -0.2) is 83.6 Å². The van der Waals surface area contributed by atoms with E-state index in [1.807, 2.05) is 11.0 Å². The summed E-state index contributed by atoms with van der Waals surface area (Å²) in [6, 6.07) is 1.99. The van der Waals surface area contributed by atoms with Crippen LogP contribution in [0.3, 0.4) is 0 Å². The Labute approximate surface area is 318 Å². The third-order valence-corrected chi connectivity index (χ3v) is 11.2. The second kappa shape index (κ2) is 14.5. The summed E-state index contributed by atoms with van der Waals surface area (Å²) in [4.78, 5) is 24.1. The Hall–Kier alpha value is -4.60. The minimum absolute atomic E-state index is 0.113. The van der Waals surface area contributed by atoms with Crippen molar-refractivity contribution in [3.05, 3.63) is 46.5 Å². The number of hydrogen-bond acceptors (Lipinski definition) is 10. The summed E-state index contributed by atoms with van der Waals surface area (Å²) in [5.41, 5.74) is -3.10. The monoisotopic (exact) mass is 812 g/mol. The van der Waals surface area contributed by atoms with E-state index in [-0.39, 0.29) is 56.9 Å². The molecule has 0 saturated carbocycles. The van der Waals surface area contributed by atoms with Crippen LogP contribution in [0.15, 0.2) is 24.3 Å². The molecule has 0 bridgehead atoms. The molecule has 3 aliphatic heterocycles. The maximum atomic E-state index is 17.3. The van der Waals surface area contributed by atoms with Crippen molar-refractivity contribution in [2.45, 2.75) is 69.8 Å². The van der Waals surface area contributed by atoms with E-state index in [2.05, 4.69) is 15.3 Å². The second-order valence-corrected chi connectivity index (χ2v) is 15.9. The molecule has 0 unspecified atom stereocenters. The Morgan fingerprint density at radius 2 is 2.02 bits per heavy atom.